The first-order valence-electron chi connectivity index (χ1n) is 8.62. The highest BCUT2D eigenvalue weighted by atomic mass is 16.5. The van der Waals surface area contributed by atoms with Crippen LogP contribution >= 0.6 is 0 Å². The van der Waals surface area contributed by atoms with Crippen LogP contribution in [-0.2, 0) is 11.3 Å². The first-order valence-corrected chi connectivity index (χ1v) is 8.62. The maximum absolute atomic E-state index is 5.09. The average Bonchev–Trinajstić information content (AvgIpc) is 2.93. The molecule has 4 heteroatoms. The van der Waals surface area contributed by atoms with Crippen molar-refractivity contribution < 1.29 is 4.74 Å². The zero-order chi connectivity index (χ0) is 15.2. The van der Waals surface area contributed by atoms with Gasteiger partial charge in [-0.05, 0) is 12.8 Å². The molecule has 0 fully saturated rings. The van der Waals surface area contributed by atoms with Gasteiger partial charge in [-0.15, -0.1) is 0 Å². The number of anilines is 1. The number of nitrogens with zero attached hydrogens (tertiary/aromatic N) is 2. The van der Waals surface area contributed by atoms with Crippen molar-refractivity contribution in [1.29, 1.82) is 0 Å². The molecule has 0 aliphatic rings. The third kappa shape index (κ3) is 8.76. The molecule has 1 rings (SSSR count). The minimum atomic E-state index is 0.801. The Labute approximate surface area is 130 Å². The Kier molecular flexibility index (Phi) is 10.9. The first-order chi connectivity index (χ1) is 10.4. The summed E-state index contributed by atoms with van der Waals surface area (Å²) in [6, 6.07) is 0. The fourth-order valence-corrected chi connectivity index (χ4v) is 2.50. The predicted molar refractivity (Wildman–Crippen MR) is 89.8 cm³/mol. The van der Waals surface area contributed by atoms with Gasteiger partial charge in [0.25, 0.3) is 0 Å². The third-order valence-electron chi connectivity index (χ3n) is 3.78. The van der Waals surface area contributed by atoms with E-state index in [1.54, 1.807) is 7.11 Å². The molecule has 0 unspecified atom stereocenters. The van der Waals surface area contributed by atoms with Crippen LogP contribution in [0.5, 0.6) is 0 Å². The maximum Gasteiger partial charge on any atom is 0.202 e. The fourth-order valence-electron chi connectivity index (χ4n) is 2.50. The maximum atomic E-state index is 5.09. The van der Waals surface area contributed by atoms with Crippen molar-refractivity contribution in [2.45, 2.75) is 71.3 Å². The molecule has 0 radical (unpaired) electrons. The smallest absolute Gasteiger partial charge is 0.202 e. The number of hydrogen-bond donors (Lipinski definition) is 1. The number of aromatic nitrogens is 2. The number of unbranched alkanes of at least 4 members (excludes halogenated alkanes) is 7. The van der Waals surface area contributed by atoms with Gasteiger partial charge < -0.3 is 14.6 Å². The van der Waals surface area contributed by atoms with E-state index in [1.807, 2.05) is 12.4 Å². The number of nitrogens with one attached hydrogen (secondary N) is 1. The molecule has 1 aromatic rings. The number of methoxy groups -OCH3 is 1. The van der Waals surface area contributed by atoms with Gasteiger partial charge in [-0.1, -0.05) is 51.9 Å². The van der Waals surface area contributed by atoms with Gasteiger partial charge >= 0.3 is 0 Å². The average molecular weight is 295 g/mol. The lowest BCUT2D eigenvalue weighted by atomic mass is 10.1. The molecule has 0 bridgehead atoms. The van der Waals surface area contributed by atoms with E-state index >= 15 is 0 Å². The Morgan fingerprint density at radius 1 is 1.05 bits per heavy atom. The molecule has 1 N–H and O–H groups in total. The zero-order valence-corrected chi connectivity index (χ0v) is 13.9. The van der Waals surface area contributed by atoms with E-state index < -0.39 is 0 Å². The van der Waals surface area contributed by atoms with Crippen LogP contribution < -0.4 is 5.32 Å². The standard InChI is InChI=1S/C17H33N3O/c1-3-4-5-6-7-8-9-10-12-18-17-19-13-15-20(17)14-11-16-21-2/h13,15H,3-12,14,16H2,1-2H3,(H,18,19). The molecule has 0 aliphatic heterocycles. The minimum Gasteiger partial charge on any atom is -0.385 e. The number of aryl methyl sites for hydroxylation is 1. The SMILES string of the molecule is CCCCCCCCCCNc1nccn1CCCOC. The Morgan fingerprint density at radius 2 is 1.76 bits per heavy atom. The van der Waals surface area contributed by atoms with Gasteiger partial charge in [0.05, 0.1) is 0 Å². The molecule has 0 atom stereocenters. The highest BCUT2D eigenvalue weighted by Crippen LogP contribution is 2.09. The molecule has 1 aromatic heterocycles. The second kappa shape index (κ2) is 12.7. The van der Waals surface area contributed by atoms with Gasteiger partial charge in [-0.2, -0.15) is 0 Å². The molecule has 0 amide bonds. The zero-order valence-electron chi connectivity index (χ0n) is 13.9. The first kappa shape index (κ1) is 18.0. The van der Waals surface area contributed by atoms with Crippen LogP contribution in [0.15, 0.2) is 12.4 Å². The van der Waals surface area contributed by atoms with Crippen LogP contribution in [-0.4, -0.2) is 29.8 Å². The van der Waals surface area contributed by atoms with E-state index in [1.165, 1.54) is 51.4 Å². The molecule has 0 aromatic carbocycles. The lowest BCUT2D eigenvalue weighted by molar-refractivity contribution is 0.190. The summed E-state index contributed by atoms with van der Waals surface area (Å²) in [4.78, 5) is 4.37. The van der Waals surface area contributed by atoms with Crippen molar-refractivity contribution in [3.8, 4) is 0 Å². The van der Waals surface area contributed by atoms with Gasteiger partial charge in [-0.25, -0.2) is 4.98 Å². The number of hydrogen-bond acceptors (Lipinski definition) is 3. The van der Waals surface area contributed by atoms with E-state index in [9.17, 15) is 0 Å². The second-order valence-corrected chi connectivity index (χ2v) is 5.69. The van der Waals surface area contributed by atoms with Gasteiger partial charge in [0.15, 0.2) is 0 Å². The molecule has 0 spiro atoms. The quantitative estimate of drug-likeness (QED) is 0.515. The molecule has 1 heterocycles. The number of imidazole rings is 1. The molecular weight excluding hydrogens is 262 g/mol. The molecule has 0 saturated heterocycles. The minimum absolute atomic E-state index is 0.801. The van der Waals surface area contributed by atoms with Crippen LogP contribution in [0.1, 0.15) is 64.7 Å². The van der Waals surface area contributed by atoms with Crippen LogP contribution in [0.4, 0.5) is 5.95 Å². The van der Waals surface area contributed by atoms with Crippen molar-refractivity contribution in [2.75, 3.05) is 25.6 Å². The summed E-state index contributed by atoms with van der Waals surface area (Å²) < 4.78 is 7.26. The molecule has 4 nitrogen and oxygen atoms in total. The fraction of sp³-hybridized carbons (Fsp3) is 0.824. The molecule has 0 aliphatic carbocycles. The van der Waals surface area contributed by atoms with Gasteiger partial charge in [0, 0.05) is 39.2 Å². The van der Waals surface area contributed by atoms with E-state index in [2.05, 4.69) is 21.8 Å². The second-order valence-electron chi connectivity index (χ2n) is 5.69. The summed E-state index contributed by atoms with van der Waals surface area (Å²) in [5.74, 6) is 0.994. The van der Waals surface area contributed by atoms with Crippen molar-refractivity contribution >= 4 is 5.95 Å². The Bertz CT molecular complexity index is 339. The summed E-state index contributed by atoms with van der Waals surface area (Å²) in [5, 5.41) is 3.44. The van der Waals surface area contributed by atoms with E-state index in [0.717, 1.165) is 32.1 Å². The third-order valence-corrected chi connectivity index (χ3v) is 3.78. The molecule has 21 heavy (non-hydrogen) atoms. The normalized spacial score (nSPS) is 11.0. The molecule has 122 valence electrons. The highest BCUT2D eigenvalue weighted by molar-refractivity contribution is 5.25. The van der Waals surface area contributed by atoms with Gasteiger partial charge in [-0.3, -0.25) is 0 Å². The Morgan fingerprint density at radius 3 is 2.48 bits per heavy atom. The van der Waals surface area contributed by atoms with Crippen molar-refractivity contribution in [1.82, 2.24) is 9.55 Å². The summed E-state index contributed by atoms with van der Waals surface area (Å²) in [7, 11) is 1.75. The lowest BCUT2D eigenvalue weighted by Crippen LogP contribution is -2.09. The van der Waals surface area contributed by atoms with Crippen LogP contribution in [0.3, 0.4) is 0 Å². The van der Waals surface area contributed by atoms with Crippen molar-refractivity contribution in [3.05, 3.63) is 12.4 Å². The van der Waals surface area contributed by atoms with Crippen molar-refractivity contribution in [3.63, 3.8) is 0 Å². The highest BCUT2D eigenvalue weighted by Gasteiger charge is 2.01. The summed E-state index contributed by atoms with van der Waals surface area (Å²) in [5.41, 5.74) is 0. The monoisotopic (exact) mass is 295 g/mol. The lowest BCUT2D eigenvalue weighted by Gasteiger charge is -2.09. The predicted octanol–water partition coefficient (Wildman–Crippen LogP) is 4.47. The summed E-state index contributed by atoms with van der Waals surface area (Å²) in [6.07, 6.45) is 15.8. The van der Waals surface area contributed by atoms with Gasteiger partial charge in [0.1, 0.15) is 0 Å². The summed E-state index contributed by atoms with van der Waals surface area (Å²) >= 11 is 0. The molecular formula is C17H33N3O. The van der Waals surface area contributed by atoms with Crippen molar-refractivity contribution in [2.24, 2.45) is 0 Å². The van der Waals surface area contributed by atoms with Gasteiger partial charge in [0.2, 0.25) is 5.95 Å². The largest absolute Gasteiger partial charge is 0.385 e. The number of ether oxygens (including phenoxy) is 1. The number of rotatable bonds is 14. The topological polar surface area (TPSA) is 39.1 Å². The summed E-state index contributed by atoms with van der Waals surface area (Å²) in [6.45, 7) is 5.06. The van der Waals surface area contributed by atoms with Crippen LogP contribution in [0.2, 0.25) is 0 Å². The molecule has 0 saturated carbocycles. The van der Waals surface area contributed by atoms with E-state index in [0.29, 0.717) is 0 Å². The van der Waals surface area contributed by atoms with Crippen LogP contribution in [0, 0.1) is 0 Å². The van der Waals surface area contributed by atoms with E-state index in [-0.39, 0.29) is 0 Å². The Hall–Kier alpha value is -1.03. The van der Waals surface area contributed by atoms with E-state index in [4.69, 9.17) is 4.74 Å². The Balaban J connectivity index is 2.01. The van der Waals surface area contributed by atoms with Crippen LogP contribution in [0.25, 0.3) is 0 Å².